The number of carbonyl (C=O) groups is 1. The molecule has 0 aliphatic heterocycles. The van der Waals surface area contributed by atoms with Gasteiger partial charge in [-0.2, -0.15) is 0 Å². The van der Waals surface area contributed by atoms with E-state index in [1.807, 2.05) is 12.1 Å². The molecule has 0 spiro atoms. The van der Waals surface area contributed by atoms with Gasteiger partial charge in [0.2, 0.25) is 0 Å². The number of Topliss-reactive ketones (excluding diaryl/α,β-unsaturated/α-hetero) is 1. The number of ether oxygens (including phenoxy) is 1. The summed E-state index contributed by atoms with van der Waals surface area (Å²) >= 11 is 0. The zero-order valence-electron chi connectivity index (χ0n) is 11.9. The van der Waals surface area contributed by atoms with Crippen LogP contribution in [0.3, 0.4) is 0 Å². The maximum Gasteiger partial charge on any atom is 0.136 e. The lowest BCUT2D eigenvalue weighted by atomic mass is 10.0. The Balaban J connectivity index is 1.76. The van der Waals surface area contributed by atoms with Gasteiger partial charge in [-0.15, -0.1) is 0 Å². The second-order valence-electron chi connectivity index (χ2n) is 5.43. The first-order valence-electron chi connectivity index (χ1n) is 7.03. The van der Waals surface area contributed by atoms with Crippen LogP contribution in [0.2, 0.25) is 0 Å². The maximum atomic E-state index is 11.6. The van der Waals surface area contributed by atoms with E-state index in [9.17, 15) is 4.79 Å². The van der Waals surface area contributed by atoms with Crippen LogP contribution in [-0.4, -0.2) is 31.4 Å². The van der Waals surface area contributed by atoms with Crippen LogP contribution in [0.15, 0.2) is 24.3 Å². The van der Waals surface area contributed by atoms with Crippen molar-refractivity contribution < 1.29 is 9.53 Å². The lowest BCUT2D eigenvalue weighted by Crippen LogP contribution is -2.22. The Morgan fingerprint density at radius 3 is 2.63 bits per heavy atom. The van der Waals surface area contributed by atoms with Crippen LogP contribution < -0.4 is 4.74 Å². The molecule has 1 fully saturated rings. The molecule has 0 radical (unpaired) electrons. The molecule has 0 bridgehead atoms. The molecule has 1 atom stereocenters. The molecule has 19 heavy (non-hydrogen) atoms. The van der Waals surface area contributed by atoms with E-state index in [1.54, 1.807) is 7.11 Å². The van der Waals surface area contributed by atoms with E-state index >= 15 is 0 Å². The molecule has 1 aromatic carbocycles. The molecule has 2 rings (SSSR count). The summed E-state index contributed by atoms with van der Waals surface area (Å²) in [5.74, 6) is 1.68. The van der Waals surface area contributed by atoms with E-state index in [-0.39, 0.29) is 0 Å². The molecular formula is C16H23NO2. The molecule has 1 saturated carbocycles. The first-order chi connectivity index (χ1) is 9.19. The van der Waals surface area contributed by atoms with Gasteiger partial charge in [-0.25, -0.2) is 0 Å². The predicted octanol–water partition coefficient (Wildman–Crippen LogP) is 2.89. The summed E-state index contributed by atoms with van der Waals surface area (Å²) in [6.07, 6.45) is 3.99. The fourth-order valence-electron chi connectivity index (χ4n) is 2.69. The van der Waals surface area contributed by atoms with Gasteiger partial charge in [0.15, 0.2) is 0 Å². The third kappa shape index (κ3) is 4.06. The molecule has 0 aromatic heterocycles. The van der Waals surface area contributed by atoms with E-state index < -0.39 is 0 Å². The highest BCUT2D eigenvalue weighted by Crippen LogP contribution is 2.24. The molecule has 0 N–H and O–H groups in total. The fraction of sp³-hybridized carbons (Fsp3) is 0.562. The van der Waals surface area contributed by atoms with Crippen molar-refractivity contribution in [1.29, 1.82) is 0 Å². The van der Waals surface area contributed by atoms with Crippen LogP contribution in [0.25, 0.3) is 0 Å². The second-order valence-corrected chi connectivity index (χ2v) is 5.43. The average Bonchev–Trinajstić information content (AvgIpc) is 2.83. The van der Waals surface area contributed by atoms with Gasteiger partial charge in [0.1, 0.15) is 11.5 Å². The highest BCUT2D eigenvalue weighted by molar-refractivity contribution is 5.82. The molecule has 0 saturated heterocycles. The maximum absolute atomic E-state index is 11.6. The van der Waals surface area contributed by atoms with Crippen LogP contribution >= 0.6 is 0 Å². The van der Waals surface area contributed by atoms with Crippen LogP contribution in [0.1, 0.15) is 31.2 Å². The Morgan fingerprint density at radius 1 is 1.32 bits per heavy atom. The molecule has 0 heterocycles. The summed E-state index contributed by atoms with van der Waals surface area (Å²) in [6.45, 7) is 1.91. The lowest BCUT2D eigenvalue weighted by molar-refractivity contribution is -0.120. The van der Waals surface area contributed by atoms with Crippen molar-refractivity contribution in [2.75, 3.05) is 20.7 Å². The van der Waals surface area contributed by atoms with Gasteiger partial charge < -0.3 is 9.64 Å². The summed E-state index contributed by atoms with van der Waals surface area (Å²) < 4.78 is 5.15. The third-order valence-corrected chi connectivity index (χ3v) is 3.90. The summed E-state index contributed by atoms with van der Waals surface area (Å²) in [4.78, 5) is 13.9. The molecular weight excluding hydrogens is 238 g/mol. The molecule has 1 unspecified atom stereocenters. The Labute approximate surface area is 115 Å². The van der Waals surface area contributed by atoms with Gasteiger partial charge in [0, 0.05) is 18.9 Å². The zero-order valence-corrected chi connectivity index (χ0v) is 11.9. The van der Waals surface area contributed by atoms with Crippen molar-refractivity contribution in [3.05, 3.63) is 29.8 Å². The smallest absolute Gasteiger partial charge is 0.136 e. The van der Waals surface area contributed by atoms with Gasteiger partial charge in [-0.05, 0) is 50.6 Å². The highest BCUT2D eigenvalue weighted by atomic mass is 16.5. The topological polar surface area (TPSA) is 29.5 Å². The molecule has 1 aromatic rings. The van der Waals surface area contributed by atoms with Crippen LogP contribution in [-0.2, 0) is 11.3 Å². The van der Waals surface area contributed by atoms with Crippen molar-refractivity contribution in [2.24, 2.45) is 5.92 Å². The number of hydrogen-bond donors (Lipinski definition) is 0. The monoisotopic (exact) mass is 261 g/mol. The predicted molar refractivity (Wildman–Crippen MR) is 76.3 cm³/mol. The van der Waals surface area contributed by atoms with Gasteiger partial charge in [0.05, 0.1) is 7.11 Å². The molecule has 104 valence electrons. The standard InChI is InChI=1S/C16H23NO2/c1-17(11-10-14-4-3-5-16(14)18)12-13-6-8-15(19-2)9-7-13/h6-9,14H,3-5,10-12H2,1-2H3. The van der Waals surface area contributed by atoms with Gasteiger partial charge >= 0.3 is 0 Å². The number of carbonyl (C=O) groups excluding carboxylic acids is 1. The minimum absolute atomic E-state index is 0.318. The Hall–Kier alpha value is -1.35. The first-order valence-corrected chi connectivity index (χ1v) is 7.03. The van der Waals surface area contributed by atoms with E-state index in [4.69, 9.17) is 4.74 Å². The van der Waals surface area contributed by atoms with Crippen molar-refractivity contribution in [3.63, 3.8) is 0 Å². The Kier molecular flexibility index (Phi) is 4.97. The van der Waals surface area contributed by atoms with E-state index in [2.05, 4.69) is 24.1 Å². The van der Waals surface area contributed by atoms with E-state index in [0.29, 0.717) is 11.7 Å². The highest BCUT2D eigenvalue weighted by Gasteiger charge is 2.23. The molecule has 1 aliphatic rings. The van der Waals surface area contributed by atoms with Crippen molar-refractivity contribution in [1.82, 2.24) is 4.90 Å². The number of rotatable bonds is 6. The van der Waals surface area contributed by atoms with Crippen LogP contribution in [0, 0.1) is 5.92 Å². The number of benzene rings is 1. The molecule has 0 amide bonds. The fourth-order valence-corrected chi connectivity index (χ4v) is 2.69. The molecule has 3 nitrogen and oxygen atoms in total. The number of ketones is 1. The second kappa shape index (κ2) is 6.71. The van der Waals surface area contributed by atoms with Gasteiger partial charge in [0.25, 0.3) is 0 Å². The third-order valence-electron chi connectivity index (χ3n) is 3.90. The normalized spacial score (nSPS) is 19.1. The first kappa shape index (κ1) is 14.1. The minimum atomic E-state index is 0.318. The van der Waals surface area contributed by atoms with Crippen LogP contribution in [0.4, 0.5) is 0 Å². The average molecular weight is 261 g/mol. The largest absolute Gasteiger partial charge is 0.497 e. The van der Waals surface area contributed by atoms with Gasteiger partial charge in [-0.3, -0.25) is 4.79 Å². The van der Waals surface area contributed by atoms with E-state index in [1.165, 1.54) is 5.56 Å². The quantitative estimate of drug-likeness (QED) is 0.788. The Bertz CT molecular complexity index is 413. The van der Waals surface area contributed by atoms with Gasteiger partial charge in [-0.1, -0.05) is 12.1 Å². The summed E-state index contributed by atoms with van der Waals surface area (Å²) in [5, 5.41) is 0. The molecule has 3 heteroatoms. The number of nitrogens with zero attached hydrogens (tertiary/aromatic N) is 1. The van der Waals surface area contributed by atoms with Crippen molar-refractivity contribution in [2.45, 2.75) is 32.2 Å². The summed E-state index contributed by atoms with van der Waals surface area (Å²) in [6, 6.07) is 8.17. The molecule has 1 aliphatic carbocycles. The zero-order chi connectivity index (χ0) is 13.7. The minimum Gasteiger partial charge on any atom is -0.497 e. The Morgan fingerprint density at radius 2 is 2.05 bits per heavy atom. The number of methoxy groups -OCH3 is 1. The van der Waals surface area contributed by atoms with Crippen molar-refractivity contribution >= 4 is 5.78 Å². The summed E-state index contributed by atoms with van der Waals surface area (Å²) in [7, 11) is 3.80. The lowest BCUT2D eigenvalue weighted by Gasteiger charge is -2.18. The van der Waals surface area contributed by atoms with E-state index in [0.717, 1.165) is 44.5 Å². The number of hydrogen-bond acceptors (Lipinski definition) is 3. The van der Waals surface area contributed by atoms with Crippen LogP contribution in [0.5, 0.6) is 5.75 Å². The van der Waals surface area contributed by atoms with Crippen molar-refractivity contribution in [3.8, 4) is 5.75 Å². The summed E-state index contributed by atoms with van der Waals surface area (Å²) in [5.41, 5.74) is 1.28. The SMILES string of the molecule is COc1ccc(CN(C)CCC2CCCC2=O)cc1.